The van der Waals surface area contributed by atoms with Crippen molar-refractivity contribution in [1.82, 2.24) is 5.32 Å². The summed E-state index contributed by atoms with van der Waals surface area (Å²) in [6.07, 6.45) is -0.311. The highest BCUT2D eigenvalue weighted by atomic mass is 79.9. The van der Waals surface area contributed by atoms with Gasteiger partial charge in [-0.15, -0.1) is 11.8 Å². The van der Waals surface area contributed by atoms with Crippen LogP contribution in [0.1, 0.15) is 0 Å². The number of hydrogen-bond acceptors (Lipinski definition) is 3. The van der Waals surface area contributed by atoms with Crippen LogP contribution in [0.25, 0.3) is 0 Å². The average molecular weight is 184 g/mol. The van der Waals surface area contributed by atoms with Gasteiger partial charge in [0.25, 0.3) is 0 Å². The molecule has 1 aliphatic heterocycles. The highest BCUT2D eigenvalue weighted by molar-refractivity contribution is 9.11. The van der Waals surface area contributed by atoms with Crippen LogP contribution in [0.15, 0.2) is 0 Å². The van der Waals surface area contributed by atoms with Gasteiger partial charge >= 0.3 is 0 Å². The predicted octanol–water partition coefficient (Wildman–Crippen LogP) is 0.320. The minimum absolute atomic E-state index is 0.252. The molecule has 0 saturated carbocycles. The summed E-state index contributed by atoms with van der Waals surface area (Å²) in [5, 5.41) is 11.6. The molecule has 1 aliphatic rings. The van der Waals surface area contributed by atoms with Crippen molar-refractivity contribution in [2.24, 2.45) is 0 Å². The number of aliphatic hydroxyl groups is 1. The molecule has 1 saturated heterocycles. The van der Waals surface area contributed by atoms with Gasteiger partial charge in [-0.2, -0.15) is 0 Å². The van der Waals surface area contributed by atoms with E-state index in [1.165, 1.54) is 0 Å². The van der Waals surface area contributed by atoms with E-state index in [-0.39, 0.29) is 10.5 Å². The summed E-state index contributed by atoms with van der Waals surface area (Å²) in [4.78, 5) is 0. The van der Waals surface area contributed by atoms with E-state index < -0.39 is 0 Å². The van der Waals surface area contributed by atoms with E-state index in [0.717, 1.165) is 5.75 Å². The molecule has 2 atom stereocenters. The van der Waals surface area contributed by atoms with Gasteiger partial charge in [-0.1, -0.05) is 15.9 Å². The number of nitrogens with one attached hydrogen (secondary N) is 1. The lowest BCUT2D eigenvalue weighted by Crippen LogP contribution is -2.25. The van der Waals surface area contributed by atoms with Crippen molar-refractivity contribution in [1.29, 1.82) is 0 Å². The molecule has 2 unspecified atom stereocenters. The second-order valence-corrected chi connectivity index (χ2v) is 3.99. The Bertz CT molecular complexity index is 64.0. The van der Waals surface area contributed by atoms with E-state index in [9.17, 15) is 0 Å². The van der Waals surface area contributed by atoms with E-state index >= 15 is 0 Å². The predicted molar refractivity (Wildman–Crippen MR) is 34.3 cm³/mol. The summed E-state index contributed by atoms with van der Waals surface area (Å²) in [5.41, 5.74) is 0. The highest BCUT2D eigenvalue weighted by Crippen LogP contribution is 2.21. The molecule has 0 radical (unpaired) electrons. The first-order chi connectivity index (χ1) is 3.29. The van der Waals surface area contributed by atoms with Crippen LogP contribution in [-0.4, -0.2) is 21.4 Å². The molecule has 2 N–H and O–H groups in total. The fourth-order valence-corrected chi connectivity index (χ4v) is 1.89. The van der Waals surface area contributed by atoms with E-state index in [4.69, 9.17) is 5.11 Å². The number of thioether (sulfide) groups is 1. The van der Waals surface area contributed by atoms with Crippen molar-refractivity contribution in [2.45, 2.75) is 10.5 Å². The summed E-state index contributed by atoms with van der Waals surface area (Å²) in [7, 11) is 0. The molecule has 1 fully saturated rings. The third kappa shape index (κ3) is 1.60. The van der Waals surface area contributed by atoms with Gasteiger partial charge in [-0.3, -0.25) is 5.32 Å². The number of hydrogen-bond donors (Lipinski definition) is 2. The molecule has 0 aromatic carbocycles. The Balaban J connectivity index is 2.26. The maximum atomic E-state index is 8.74. The molecule has 2 nitrogen and oxygen atoms in total. The van der Waals surface area contributed by atoms with Crippen LogP contribution in [0, 0.1) is 0 Å². The minimum atomic E-state index is -0.311. The van der Waals surface area contributed by atoms with E-state index in [0.29, 0.717) is 0 Å². The Morgan fingerprint density at radius 2 is 2.57 bits per heavy atom. The van der Waals surface area contributed by atoms with E-state index in [2.05, 4.69) is 21.2 Å². The second-order valence-electron chi connectivity index (χ2n) is 1.33. The number of rotatable bonds is 0. The molecule has 0 spiro atoms. The topological polar surface area (TPSA) is 32.3 Å². The van der Waals surface area contributed by atoms with E-state index in [1.807, 2.05) is 0 Å². The van der Waals surface area contributed by atoms with Crippen molar-refractivity contribution in [3.8, 4) is 0 Å². The van der Waals surface area contributed by atoms with Gasteiger partial charge in [-0.05, 0) is 0 Å². The maximum Gasteiger partial charge on any atom is 0.115 e. The Morgan fingerprint density at radius 3 is 2.71 bits per heavy atom. The summed E-state index contributed by atoms with van der Waals surface area (Å²) < 4.78 is 0.252. The molecule has 0 aromatic heterocycles. The van der Waals surface area contributed by atoms with Gasteiger partial charge in [0.05, 0.1) is 0 Å². The Morgan fingerprint density at radius 1 is 1.86 bits per heavy atom. The van der Waals surface area contributed by atoms with Crippen molar-refractivity contribution in [3.63, 3.8) is 0 Å². The molecular weight excluding hydrogens is 178 g/mol. The molecule has 7 heavy (non-hydrogen) atoms. The minimum Gasteiger partial charge on any atom is -0.378 e. The SMILES string of the molecule is OC1CSC(Br)N1. The van der Waals surface area contributed by atoms with Gasteiger partial charge < -0.3 is 5.11 Å². The third-order valence-corrected chi connectivity index (χ3v) is 2.72. The summed E-state index contributed by atoms with van der Waals surface area (Å²) in [6, 6.07) is 0. The van der Waals surface area contributed by atoms with Gasteiger partial charge in [0.2, 0.25) is 0 Å². The second kappa shape index (κ2) is 2.35. The van der Waals surface area contributed by atoms with Crippen LogP contribution < -0.4 is 5.32 Å². The average Bonchev–Trinajstić information content (AvgIpc) is 1.87. The zero-order chi connectivity index (χ0) is 5.28. The zero-order valence-electron chi connectivity index (χ0n) is 3.60. The smallest absolute Gasteiger partial charge is 0.115 e. The van der Waals surface area contributed by atoms with Crippen LogP contribution in [0.5, 0.6) is 0 Å². The summed E-state index contributed by atoms with van der Waals surface area (Å²) >= 11 is 4.93. The monoisotopic (exact) mass is 183 g/mol. The van der Waals surface area contributed by atoms with Crippen LogP contribution in [-0.2, 0) is 0 Å². The highest BCUT2D eigenvalue weighted by Gasteiger charge is 2.18. The standard InChI is InChI=1S/C3H6BrNOS/c4-3-5-2(6)1-7-3/h2-3,5-6H,1H2. The van der Waals surface area contributed by atoms with Crippen LogP contribution in [0.3, 0.4) is 0 Å². The van der Waals surface area contributed by atoms with Crippen LogP contribution in [0.4, 0.5) is 0 Å². The first-order valence-corrected chi connectivity index (χ1v) is 3.95. The molecule has 4 heteroatoms. The fourth-order valence-electron chi connectivity index (χ4n) is 0.423. The van der Waals surface area contributed by atoms with Gasteiger partial charge in [0, 0.05) is 5.75 Å². The lowest BCUT2D eigenvalue weighted by molar-refractivity contribution is 0.174. The maximum absolute atomic E-state index is 8.74. The van der Waals surface area contributed by atoms with Crippen molar-refractivity contribution < 1.29 is 5.11 Å². The van der Waals surface area contributed by atoms with Gasteiger partial charge in [0.15, 0.2) is 0 Å². The normalized spacial score (nSPS) is 42.0. The number of aliphatic hydroxyl groups excluding tert-OH is 1. The van der Waals surface area contributed by atoms with Crippen molar-refractivity contribution in [3.05, 3.63) is 0 Å². The first-order valence-electron chi connectivity index (χ1n) is 1.99. The van der Waals surface area contributed by atoms with Gasteiger partial charge in [-0.25, -0.2) is 0 Å². The van der Waals surface area contributed by atoms with E-state index in [1.54, 1.807) is 11.8 Å². The Kier molecular flexibility index (Phi) is 1.97. The Hall–Kier alpha value is 0.750. The molecule has 0 amide bonds. The lowest BCUT2D eigenvalue weighted by atomic mass is 10.7. The fraction of sp³-hybridized carbons (Fsp3) is 1.00. The number of halogens is 1. The molecule has 42 valence electrons. The number of alkyl halides is 1. The largest absolute Gasteiger partial charge is 0.378 e. The Labute approximate surface area is 54.8 Å². The van der Waals surface area contributed by atoms with Crippen LogP contribution >= 0.6 is 27.7 Å². The summed E-state index contributed by atoms with van der Waals surface area (Å²) in [6.45, 7) is 0. The molecular formula is C3H6BrNOS. The zero-order valence-corrected chi connectivity index (χ0v) is 6.00. The summed E-state index contributed by atoms with van der Waals surface area (Å²) in [5.74, 6) is 0.788. The van der Waals surface area contributed by atoms with Crippen molar-refractivity contribution >= 4 is 27.7 Å². The molecule has 0 bridgehead atoms. The molecule has 1 rings (SSSR count). The van der Waals surface area contributed by atoms with Crippen LogP contribution in [0.2, 0.25) is 0 Å². The lowest BCUT2D eigenvalue weighted by Gasteiger charge is -1.97. The molecule has 1 heterocycles. The quantitative estimate of drug-likeness (QED) is 0.420. The molecule has 0 aromatic rings. The van der Waals surface area contributed by atoms with Crippen molar-refractivity contribution in [2.75, 3.05) is 5.75 Å². The molecule has 0 aliphatic carbocycles. The first kappa shape index (κ1) is 5.88. The third-order valence-electron chi connectivity index (χ3n) is 0.724. The van der Waals surface area contributed by atoms with Gasteiger partial charge in [0.1, 0.15) is 10.5 Å².